The molecule has 0 fully saturated rings. The number of thioether (sulfide) groups is 1. The maximum Gasteiger partial charge on any atom is 0.265 e. The summed E-state index contributed by atoms with van der Waals surface area (Å²) < 4.78 is 18.9. The Kier molecular flexibility index (Phi) is 6.15. The number of amides is 3. The summed E-state index contributed by atoms with van der Waals surface area (Å²) >= 11 is 1.10. The smallest absolute Gasteiger partial charge is 0.265 e. The van der Waals surface area contributed by atoms with E-state index in [1.165, 1.54) is 18.2 Å². The summed E-state index contributed by atoms with van der Waals surface area (Å²) in [7, 11) is 0. The van der Waals surface area contributed by atoms with Crippen LogP contribution in [0.25, 0.3) is 0 Å². The number of para-hydroxylation sites is 1. The van der Waals surface area contributed by atoms with Crippen molar-refractivity contribution < 1.29 is 23.5 Å². The van der Waals surface area contributed by atoms with Gasteiger partial charge in [-0.05, 0) is 37.3 Å². The average molecular weight is 403 g/mol. The van der Waals surface area contributed by atoms with Gasteiger partial charge < -0.3 is 20.7 Å². The van der Waals surface area contributed by atoms with Crippen molar-refractivity contribution in [3.63, 3.8) is 0 Å². The highest BCUT2D eigenvalue weighted by Crippen LogP contribution is 2.32. The van der Waals surface area contributed by atoms with Crippen LogP contribution in [0.5, 0.6) is 5.75 Å². The molecule has 0 spiro atoms. The predicted molar refractivity (Wildman–Crippen MR) is 106 cm³/mol. The number of rotatable bonds is 6. The lowest BCUT2D eigenvalue weighted by Gasteiger charge is -2.23. The number of hydrogen-bond donors (Lipinski definition) is 3. The fourth-order valence-electron chi connectivity index (χ4n) is 2.47. The topological polar surface area (TPSA) is 96.5 Å². The molecule has 0 radical (unpaired) electrons. The molecular formula is C19H18FN3O4S. The van der Waals surface area contributed by atoms with Gasteiger partial charge in [-0.1, -0.05) is 12.1 Å². The Labute approximate surface area is 165 Å². The molecule has 3 N–H and O–H groups in total. The summed E-state index contributed by atoms with van der Waals surface area (Å²) in [6, 6.07) is 10.8. The van der Waals surface area contributed by atoms with Crippen LogP contribution in [0.15, 0.2) is 42.5 Å². The van der Waals surface area contributed by atoms with E-state index >= 15 is 0 Å². The number of ether oxygens (including phenoxy) is 1. The molecule has 146 valence electrons. The Bertz CT molecular complexity index is 922. The molecule has 1 atom stereocenters. The van der Waals surface area contributed by atoms with Gasteiger partial charge in [0.15, 0.2) is 6.10 Å². The standard InChI is InChI=1S/C19H18FN3O4S/c1-11-19(26)23-15-8-12(6-7-16(15)27-11)21-17(24)9-28-10-18(25)22-14-5-3-2-4-13(14)20/h2-8,11H,9-10H2,1H3,(H,21,24)(H,22,25)(H,23,26)/t11-/m1/s1. The van der Waals surface area contributed by atoms with E-state index in [9.17, 15) is 18.8 Å². The van der Waals surface area contributed by atoms with Crippen LogP contribution in [0, 0.1) is 5.82 Å². The minimum Gasteiger partial charge on any atom is -0.479 e. The van der Waals surface area contributed by atoms with E-state index in [1.807, 2.05) is 0 Å². The quantitative estimate of drug-likeness (QED) is 0.689. The van der Waals surface area contributed by atoms with E-state index in [2.05, 4.69) is 16.0 Å². The van der Waals surface area contributed by atoms with E-state index in [0.717, 1.165) is 11.8 Å². The molecule has 28 heavy (non-hydrogen) atoms. The normalized spacial score (nSPS) is 15.1. The molecular weight excluding hydrogens is 385 g/mol. The van der Waals surface area contributed by atoms with Crippen molar-refractivity contribution in [3.05, 3.63) is 48.3 Å². The number of carbonyl (C=O) groups excluding carboxylic acids is 3. The van der Waals surface area contributed by atoms with Gasteiger partial charge in [-0.25, -0.2) is 4.39 Å². The fourth-order valence-corrected chi connectivity index (χ4v) is 3.09. The lowest BCUT2D eigenvalue weighted by molar-refractivity contribution is -0.122. The minimum atomic E-state index is -0.570. The zero-order valence-electron chi connectivity index (χ0n) is 15.0. The van der Waals surface area contributed by atoms with E-state index in [0.29, 0.717) is 17.1 Å². The van der Waals surface area contributed by atoms with Crippen molar-refractivity contribution >= 4 is 46.5 Å². The molecule has 0 aliphatic carbocycles. The summed E-state index contributed by atoms with van der Waals surface area (Å²) in [5, 5.41) is 7.85. The summed E-state index contributed by atoms with van der Waals surface area (Å²) in [5.74, 6) is -0.894. The number of hydrogen-bond acceptors (Lipinski definition) is 5. The van der Waals surface area contributed by atoms with Gasteiger partial charge in [-0.15, -0.1) is 11.8 Å². The summed E-state index contributed by atoms with van der Waals surface area (Å²) in [5.41, 5.74) is 1.08. The maximum atomic E-state index is 13.5. The zero-order valence-corrected chi connectivity index (χ0v) is 15.8. The van der Waals surface area contributed by atoms with E-state index in [4.69, 9.17) is 4.74 Å². The van der Waals surface area contributed by atoms with Gasteiger partial charge in [-0.2, -0.15) is 0 Å². The van der Waals surface area contributed by atoms with Crippen LogP contribution in [-0.4, -0.2) is 35.3 Å². The molecule has 3 amide bonds. The van der Waals surface area contributed by atoms with Gasteiger partial charge in [0, 0.05) is 5.69 Å². The third kappa shape index (κ3) is 5.01. The van der Waals surface area contributed by atoms with Crippen LogP contribution in [0.4, 0.5) is 21.5 Å². The monoisotopic (exact) mass is 403 g/mol. The van der Waals surface area contributed by atoms with Crippen LogP contribution in [0.3, 0.4) is 0 Å². The molecule has 2 aromatic rings. The largest absolute Gasteiger partial charge is 0.479 e. The second-order valence-electron chi connectivity index (χ2n) is 6.03. The third-order valence-electron chi connectivity index (χ3n) is 3.81. The number of fused-ring (bicyclic) bond motifs is 1. The second-order valence-corrected chi connectivity index (χ2v) is 7.01. The van der Waals surface area contributed by atoms with Crippen molar-refractivity contribution in [1.29, 1.82) is 0 Å². The van der Waals surface area contributed by atoms with E-state index < -0.39 is 17.8 Å². The van der Waals surface area contributed by atoms with Crippen molar-refractivity contribution in [2.24, 2.45) is 0 Å². The molecule has 1 heterocycles. The van der Waals surface area contributed by atoms with Crippen LogP contribution in [0.1, 0.15) is 6.92 Å². The molecule has 0 unspecified atom stereocenters. The summed E-state index contributed by atoms with van der Waals surface area (Å²) in [6.45, 7) is 1.65. The van der Waals surface area contributed by atoms with Crippen LogP contribution in [0.2, 0.25) is 0 Å². The van der Waals surface area contributed by atoms with Crippen molar-refractivity contribution in [2.75, 3.05) is 27.5 Å². The van der Waals surface area contributed by atoms with Crippen LogP contribution >= 0.6 is 11.8 Å². The van der Waals surface area contributed by atoms with Gasteiger partial charge in [0.25, 0.3) is 5.91 Å². The summed E-state index contributed by atoms with van der Waals surface area (Å²) in [6.07, 6.45) is -0.570. The second kappa shape index (κ2) is 8.75. The van der Waals surface area contributed by atoms with Gasteiger partial charge in [0.1, 0.15) is 11.6 Å². The molecule has 9 heteroatoms. The minimum absolute atomic E-state index is 0.00767. The Morgan fingerprint density at radius 3 is 2.61 bits per heavy atom. The molecule has 7 nitrogen and oxygen atoms in total. The number of anilines is 3. The Balaban J connectivity index is 1.46. The number of benzene rings is 2. The van der Waals surface area contributed by atoms with Gasteiger partial charge in [-0.3, -0.25) is 14.4 Å². The molecule has 1 aliphatic rings. The van der Waals surface area contributed by atoms with E-state index in [1.54, 1.807) is 31.2 Å². The highest BCUT2D eigenvalue weighted by molar-refractivity contribution is 8.00. The van der Waals surface area contributed by atoms with Crippen LogP contribution < -0.4 is 20.7 Å². The maximum absolute atomic E-state index is 13.5. The SMILES string of the molecule is C[C@H]1Oc2ccc(NC(=O)CSCC(=O)Nc3ccccc3F)cc2NC1=O. The molecule has 2 aromatic carbocycles. The molecule has 0 aromatic heterocycles. The molecule has 0 saturated heterocycles. The Morgan fingerprint density at radius 1 is 1.14 bits per heavy atom. The first kappa shape index (κ1) is 19.7. The predicted octanol–water partition coefficient (Wildman–Crippen LogP) is 2.86. The van der Waals surface area contributed by atoms with Gasteiger partial charge in [0.05, 0.1) is 22.9 Å². The Hall–Kier alpha value is -3.07. The lowest BCUT2D eigenvalue weighted by atomic mass is 10.2. The first-order chi connectivity index (χ1) is 13.4. The number of nitrogens with one attached hydrogen (secondary N) is 3. The van der Waals surface area contributed by atoms with Gasteiger partial charge in [0.2, 0.25) is 11.8 Å². The fraction of sp³-hybridized carbons (Fsp3) is 0.211. The number of halogens is 1. The Morgan fingerprint density at radius 2 is 1.86 bits per heavy atom. The molecule has 0 saturated carbocycles. The first-order valence-electron chi connectivity index (χ1n) is 8.46. The van der Waals surface area contributed by atoms with Crippen molar-refractivity contribution in [3.8, 4) is 5.75 Å². The van der Waals surface area contributed by atoms with Crippen LogP contribution in [-0.2, 0) is 14.4 Å². The van der Waals surface area contributed by atoms with E-state index in [-0.39, 0.29) is 29.0 Å². The van der Waals surface area contributed by atoms with Crippen molar-refractivity contribution in [2.45, 2.75) is 13.0 Å². The molecule has 1 aliphatic heterocycles. The van der Waals surface area contributed by atoms with Gasteiger partial charge >= 0.3 is 0 Å². The highest BCUT2D eigenvalue weighted by atomic mass is 32.2. The lowest BCUT2D eigenvalue weighted by Crippen LogP contribution is -2.34. The first-order valence-corrected chi connectivity index (χ1v) is 9.61. The number of carbonyl (C=O) groups is 3. The average Bonchev–Trinajstić information content (AvgIpc) is 2.65. The molecule has 0 bridgehead atoms. The zero-order chi connectivity index (χ0) is 20.1. The molecule has 3 rings (SSSR count). The highest BCUT2D eigenvalue weighted by Gasteiger charge is 2.23. The third-order valence-corrected chi connectivity index (χ3v) is 4.74. The summed E-state index contributed by atoms with van der Waals surface area (Å²) in [4.78, 5) is 35.5. The van der Waals surface area contributed by atoms with Crippen molar-refractivity contribution in [1.82, 2.24) is 0 Å².